The van der Waals surface area contributed by atoms with Gasteiger partial charge in [0.15, 0.2) is 0 Å². The van der Waals surface area contributed by atoms with Gasteiger partial charge in [0.05, 0.1) is 5.39 Å². The van der Waals surface area contributed by atoms with Crippen molar-refractivity contribution in [3.8, 4) is 0 Å². The zero-order valence-corrected chi connectivity index (χ0v) is 7.79. The highest BCUT2D eigenvalue weighted by Gasteiger charge is 2.05. The molecule has 0 amide bonds. The first-order chi connectivity index (χ1) is 5.70. The van der Waals surface area contributed by atoms with Gasteiger partial charge in [0.1, 0.15) is 0 Å². The van der Waals surface area contributed by atoms with Gasteiger partial charge in [-0.1, -0.05) is 0 Å². The highest BCUT2D eigenvalue weighted by atomic mass is 32.1. The van der Waals surface area contributed by atoms with Crippen molar-refractivity contribution < 1.29 is 0 Å². The Labute approximate surface area is 73.9 Å². The maximum Gasteiger partial charge on any atom is 0.256 e. The van der Waals surface area contributed by atoms with Crippen LogP contribution >= 0.6 is 11.3 Å². The molecule has 2 aromatic heterocycles. The van der Waals surface area contributed by atoms with Crippen molar-refractivity contribution in [2.45, 2.75) is 13.8 Å². The van der Waals surface area contributed by atoms with Gasteiger partial charge < -0.3 is 4.98 Å². The largest absolute Gasteiger partial charge is 0.328 e. The highest BCUT2D eigenvalue weighted by molar-refractivity contribution is 7.17. The number of pyridine rings is 1. The van der Waals surface area contributed by atoms with Gasteiger partial charge in [-0.2, -0.15) is 0 Å². The van der Waals surface area contributed by atoms with Crippen LogP contribution in [-0.2, 0) is 0 Å². The second kappa shape index (κ2) is 2.45. The Morgan fingerprint density at radius 1 is 1.33 bits per heavy atom. The molecule has 3 heteroatoms. The van der Waals surface area contributed by atoms with Gasteiger partial charge in [-0.15, -0.1) is 11.3 Å². The molecule has 62 valence electrons. The van der Waals surface area contributed by atoms with Gasteiger partial charge in [0.2, 0.25) is 0 Å². The summed E-state index contributed by atoms with van der Waals surface area (Å²) < 4.78 is 1.11. The smallest absolute Gasteiger partial charge is 0.256 e. The maximum absolute atomic E-state index is 11.4. The van der Waals surface area contributed by atoms with E-state index in [-0.39, 0.29) is 5.56 Å². The SMILES string of the molecule is Cc1c[nH]c(=O)c2c(C)csc12. The van der Waals surface area contributed by atoms with Crippen LogP contribution in [0, 0.1) is 13.8 Å². The van der Waals surface area contributed by atoms with E-state index in [4.69, 9.17) is 0 Å². The van der Waals surface area contributed by atoms with Gasteiger partial charge in [-0.05, 0) is 30.4 Å². The number of rotatable bonds is 0. The van der Waals surface area contributed by atoms with E-state index in [1.165, 1.54) is 0 Å². The summed E-state index contributed by atoms with van der Waals surface area (Å²) in [5, 5.41) is 2.87. The van der Waals surface area contributed by atoms with Crippen LogP contribution < -0.4 is 5.56 Å². The fraction of sp³-hybridized carbons (Fsp3) is 0.222. The van der Waals surface area contributed by atoms with Crippen LogP contribution in [0.3, 0.4) is 0 Å². The van der Waals surface area contributed by atoms with Crippen molar-refractivity contribution in [1.82, 2.24) is 4.98 Å². The molecule has 2 rings (SSSR count). The number of hydrogen-bond acceptors (Lipinski definition) is 2. The molecule has 2 heterocycles. The lowest BCUT2D eigenvalue weighted by molar-refractivity contribution is 1.24. The lowest BCUT2D eigenvalue weighted by Crippen LogP contribution is -2.05. The lowest BCUT2D eigenvalue weighted by atomic mass is 10.2. The minimum absolute atomic E-state index is 0.0225. The number of hydrogen-bond donors (Lipinski definition) is 1. The second-order valence-electron chi connectivity index (χ2n) is 2.92. The standard InChI is InChI=1S/C9H9NOS/c1-5-3-10-9(11)7-6(2)4-12-8(5)7/h3-4H,1-2H3,(H,10,11). The fourth-order valence-electron chi connectivity index (χ4n) is 1.33. The van der Waals surface area contributed by atoms with E-state index in [0.717, 1.165) is 21.2 Å². The summed E-state index contributed by atoms with van der Waals surface area (Å²) in [5.41, 5.74) is 2.23. The number of aromatic nitrogens is 1. The summed E-state index contributed by atoms with van der Waals surface area (Å²) in [6.45, 7) is 3.97. The molecule has 0 aliphatic heterocycles. The molecule has 12 heavy (non-hydrogen) atoms. The van der Waals surface area contributed by atoms with E-state index >= 15 is 0 Å². The number of aromatic amines is 1. The average molecular weight is 179 g/mol. The first kappa shape index (κ1) is 7.55. The molecule has 0 spiro atoms. The molecule has 0 atom stereocenters. The van der Waals surface area contributed by atoms with Crippen molar-refractivity contribution in [2.24, 2.45) is 0 Å². The molecule has 0 unspecified atom stereocenters. The molecule has 2 aromatic rings. The van der Waals surface area contributed by atoms with Gasteiger partial charge in [0, 0.05) is 10.9 Å². The molecule has 0 saturated carbocycles. The summed E-state index contributed by atoms with van der Waals surface area (Å²) in [7, 11) is 0. The average Bonchev–Trinajstić information content (AvgIpc) is 2.42. The predicted octanol–water partition coefficient (Wildman–Crippen LogP) is 2.21. The summed E-state index contributed by atoms with van der Waals surface area (Å²) in [4.78, 5) is 14.1. The second-order valence-corrected chi connectivity index (χ2v) is 3.80. The third-order valence-electron chi connectivity index (χ3n) is 1.98. The Morgan fingerprint density at radius 3 is 2.75 bits per heavy atom. The normalized spacial score (nSPS) is 10.8. The van der Waals surface area contributed by atoms with Crippen molar-refractivity contribution >= 4 is 21.4 Å². The number of nitrogens with one attached hydrogen (secondary N) is 1. The summed E-state index contributed by atoms with van der Waals surface area (Å²) in [6, 6.07) is 0. The summed E-state index contributed by atoms with van der Waals surface area (Å²) in [6.07, 6.45) is 1.76. The molecule has 0 fully saturated rings. The molecule has 2 nitrogen and oxygen atoms in total. The minimum atomic E-state index is 0.0225. The molecular weight excluding hydrogens is 170 g/mol. The van der Waals surface area contributed by atoms with E-state index in [2.05, 4.69) is 4.98 Å². The van der Waals surface area contributed by atoms with Gasteiger partial charge >= 0.3 is 0 Å². The molecule has 0 aromatic carbocycles. The molecule has 1 N–H and O–H groups in total. The molecule has 0 radical (unpaired) electrons. The van der Waals surface area contributed by atoms with Crippen LogP contribution in [0.2, 0.25) is 0 Å². The van der Waals surface area contributed by atoms with E-state index in [1.807, 2.05) is 19.2 Å². The third kappa shape index (κ3) is 0.898. The van der Waals surface area contributed by atoms with E-state index in [9.17, 15) is 4.79 Å². The molecule has 0 saturated heterocycles. The van der Waals surface area contributed by atoms with Crippen molar-refractivity contribution in [3.05, 3.63) is 33.1 Å². The lowest BCUT2D eigenvalue weighted by Gasteiger charge is -1.93. The van der Waals surface area contributed by atoms with Gasteiger partial charge in [-0.25, -0.2) is 0 Å². The van der Waals surface area contributed by atoms with E-state index in [1.54, 1.807) is 17.5 Å². The first-order valence-electron chi connectivity index (χ1n) is 3.76. The van der Waals surface area contributed by atoms with Crippen molar-refractivity contribution in [1.29, 1.82) is 0 Å². The van der Waals surface area contributed by atoms with Crippen LogP contribution in [-0.4, -0.2) is 4.98 Å². The summed E-state index contributed by atoms with van der Waals surface area (Å²) in [5.74, 6) is 0. The van der Waals surface area contributed by atoms with Crippen molar-refractivity contribution in [2.75, 3.05) is 0 Å². The topological polar surface area (TPSA) is 32.9 Å². The number of H-pyrrole nitrogens is 1. The third-order valence-corrected chi connectivity index (χ3v) is 3.21. The highest BCUT2D eigenvalue weighted by Crippen LogP contribution is 2.24. The van der Waals surface area contributed by atoms with Crippen LogP contribution in [0.15, 0.2) is 16.4 Å². The Balaban J connectivity index is 3.09. The van der Waals surface area contributed by atoms with E-state index < -0.39 is 0 Å². The molecular formula is C9H9NOS. The Kier molecular flexibility index (Phi) is 1.54. The number of aryl methyl sites for hydroxylation is 2. The number of thiophene rings is 1. The maximum atomic E-state index is 11.4. The zero-order chi connectivity index (χ0) is 8.72. The monoisotopic (exact) mass is 179 g/mol. The molecule has 0 aliphatic carbocycles. The molecule has 0 aliphatic rings. The Hall–Kier alpha value is -1.09. The van der Waals surface area contributed by atoms with Gasteiger partial charge in [0.25, 0.3) is 5.56 Å². The first-order valence-corrected chi connectivity index (χ1v) is 4.64. The fourth-order valence-corrected chi connectivity index (χ4v) is 2.36. The van der Waals surface area contributed by atoms with Crippen molar-refractivity contribution in [3.63, 3.8) is 0 Å². The predicted molar refractivity (Wildman–Crippen MR) is 51.9 cm³/mol. The van der Waals surface area contributed by atoms with Crippen LogP contribution in [0.25, 0.3) is 10.1 Å². The van der Waals surface area contributed by atoms with E-state index in [0.29, 0.717) is 0 Å². The summed E-state index contributed by atoms with van der Waals surface area (Å²) >= 11 is 1.63. The van der Waals surface area contributed by atoms with Crippen LogP contribution in [0.4, 0.5) is 0 Å². The Bertz CT molecular complexity index is 481. The quantitative estimate of drug-likeness (QED) is 0.660. The number of fused-ring (bicyclic) bond motifs is 1. The zero-order valence-electron chi connectivity index (χ0n) is 6.97. The molecule has 0 bridgehead atoms. The minimum Gasteiger partial charge on any atom is -0.328 e. The van der Waals surface area contributed by atoms with Crippen LogP contribution in [0.5, 0.6) is 0 Å². The van der Waals surface area contributed by atoms with Gasteiger partial charge in [-0.3, -0.25) is 4.79 Å². The Morgan fingerprint density at radius 2 is 2.08 bits per heavy atom. The van der Waals surface area contributed by atoms with Crippen LogP contribution in [0.1, 0.15) is 11.1 Å².